The number of carbonyl (C=O) groups is 4. The minimum atomic E-state index is -1.18. The van der Waals surface area contributed by atoms with Gasteiger partial charge >= 0.3 is 5.97 Å². The van der Waals surface area contributed by atoms with Gasteiger partial charge in [0.15, 0.2) is 0 Å². The van der Waals surface area contributed by atoms with E-state index in [0.29, 0.717) is 24.8 Å². The Balaban J connectivity index is 1.63. The Kier molecular flexibility index (Phi) is 10.1. The van der Waals surface area contributed by atoms with Gasteiger partial charge in [-0.25, -0.2) is 0 Å². The van der Waals surface area contributed by atoms with Crippen molar-refractivity contribution < 1.29 is 33.8 Å². The van der Waals surface area contributed by atoms with Crippen LogP contribution in [0.3, 0.4) is 0 Å². The number of carbonyl (C=O) groups excluding carboxylic acids is 4. The van der Waals surface area contributed by atoms with Crippen molar-refractivity contribution >= 4 is 23.7 Å². The third kappa shape index (κ3) is 6.40. The summed E-state index contributed by atoms with van der Waals surface area (Å²) < 4.78 is 12.6. The molecule has 1 aromatic carbocycles. The molecule has 1 aromatic rings. The number of nitrogens with one attached hydrogen (secondary N) is 1. The molecular formula is C33H45N3O7. The average molecular weight is 596 g/mol. The topological polar surface area (TPSA) is 125 Å². The summed E-state index contributed by atoms with van der Waals surface area (Å²) in [5.41, 5.74) is -1.03. The zero-order chi connectivity index (χ0) is 31.4. The predicted molar refractivity (Wildman–Crippen MR) is 160 cm³/mol. The molecule has 1 spiro atoms. The molecule has 234 valence electrons. The van der Waals surface area contributed by atoms with Crippen molar-refractivity contribution in [1.82, 2.24) is 15.1 Å². The summed E-state index contributed by atoms with van der Waals surface area (Å²) in [4.78, 5) is 57.9. The quantitative estimate of drug-likeness (QED) is 0.250. The summed E-state index contributed by atoms with van der Waals surface area (Å²) in [6.07, 6.45) is 4.02. The Bertz CT molecular complexity index is 1210. The Morgan fingerprint density at radius 3 is 2.58 bits per heavy atom. The van der Waals surface area contributed by atoms with E-state index in [1.165, 1.54) is 4.90 Å². The number of aliphatic hydroxyl groups excluding tert-OH is 1. The van der Waals surface area contributed by atoms with E-state index in [1.807, 2.05) is 51.1 Å². The van der Waals surface area contributed by atoms with E-state index in [2.05, 4.69) is 18.5 Å². The Labute approximate surface area is 254 Å². The Morgan fingerprint density at radius 1 is 1.23 bits per heavy atom. The van der Waals surface area contributed by atoms with E-state index in [9.17, 15) is 24.3 Å². The number of esters is 1. The van der Waals surface area contributed by atoms with Gasteiger partial charge in [-0.15, -0.1) is 13.2 Å². The molecule has 43 heavy (non-hydrogen) atoms. The van der Waals surface area contributed by atoms with E-state index in [4.69, 9.17) is 9.47 Å². The van der Waals surface area contributed by atoms with Gasteiger partial charge in [0.1, 0.15) is 17.7 Å². The first-order valence-electron chi connectivity index (χ1n) is 15.1. The first kappa shape index (κ1) is 32.4. The Hall–Kier alpha value is -3.50. The van der Waals surface area contributed by atoms with Crippen LogP contribution >= 0.6 is 0 Å². The molecule has 3 saturated heterocycles. The fourth-order valence-corrected chi connectivity index (χ4v) is 6.80. The lowest BCUT2D eigenvalue weighted by molar-refractivity contribution is -0.160. The lowest BCUT2D eigenvalue weighted by atomic mass is 9.70. The predicted octanol–water partition coefficient (Wildman–Crippen LogP) is 2.92. The smallest absolute Gasteiger partial charge is 0.313 e. The zero-order valence-corrected chi connectivity index (χ0v) is 25.5. The summed E-state index contributed by atoms with van der Waals surface area (Å²) in [5.74, 6) is -3.17. The minimum Gasteiger partial charge on any atom is -0.455 e. The van der Waals surface area contributed by atoms with Crippen molar-refractivity contribution in [3.05, 3.63) is 61.2 Å². The van der Waals surface area contributed by atoms with E-state index in [-0.39, 0.29) is 56.8 Å². The van der Waals surface area contributed by atoms with Gasteiger partial charge in [-0.1, -0.05) is 42.5 Å². The second-order valence-electron chi connectivity index (χ2n) is 12.5. The molecule has 0 saturated carbocycles. The minimum absolute atomic E-state index is 0.0690. The number of allylic oxidation sites excluding steroid dienone is 1. The van der Waals surface area contributed by atoms with Crippen LogP contribution in [0.2, 0.25) is 0 Å². The van der Waals surface area contributed by atoms with Crippen LogP contribution in [0.15, 0.2) is 55.6 Å². The number of hydrogen-bond donors (Lipinski definition) is 2. The van der Waals surface area contributed by atoms with Gasteiger partial charge in [-0.2, -0.15) is 0 Å². The van der Waals surface area contributed by atoms with Gasteiger partial charge in [0.25, 0.3) is 0 Å². The van der Waals surface area contributed by atoms with Crippen LogP contribution in [-0.2, 0) is 28.7 Å². The normalized spacial score (nSPS) is 26.5. The second-order valence-corrected chi connectivity index (χ2v) is 12.5. The highest BCUT2D eigenvalue weighted by molar-refractivity contribution is 5.98. The molecule has 3 aliphatic heterocycles. The first-order valence-corrected chi connectivity index (χ1v) is 15.1. The summed E-state index contributed by atoms with van der Waals surface area (Å²) in [6.45, 7) is 13.6. The van der Waals surface area contributed by atoms with E-state index in [1.54, 1.807) is 17.1 Å². The molecule has 2 bridgehead atoms. The largest absolute Gasteiger partial charge is 0.455 e. The second kappa shape index (κ2) is 13.4. The highest BCUT2D eigenvalue weighted by Crippen LogP contribution is 2.59. The Morgan fingerprint density at radius 2 is 1.95 bits per heavy atom. The molecule has 3 heterocycles. The lowest BCUT2D eigenvalue weighted by Crippen LogP contribution is -2.60. The number of amides is 3. The summed E-state index contributed by atoms with van der Waals surface area (Å²) in [7, 11) is 0. The monoisotopic (exact) mass is 595 g/mol. The molecule has 0 aromatic heterocycles. The molecule has 3 fully saturated rings. The standard InChI is InChI=1S/C33H45N3O7/c1-6-8-15-25(38)34-21-24(22-13-10-9-11-14-22)42-31(41)26-23-16-17-33(43-23)27(26)29(39)35(19-12-20-37)28(33)30(40)36(18-7-2)32(3,4)5/h6-7,9-11,13-14,23-24,26-28,37H,1-2,8,12,15-21H2,3-5H3,(H,34,38)/t23-,24-,26+,27+,28-,33+/m1/s1. The zero-order valence-electron chi connectivity index (χ0n) is 25.5. The first-order chi connectivity index (χ1) is 20.5. The fourth-order valence-electron chi connectivity index (χ4n) is 6.80. The van der Waals surface area contributed by atoms with Crippen molar-refractivity contribution in [2.75, 3.05) is 26.2 Å². The van der Waals surface area contributed by atoms with Crippen molar-refractivity contribution in [2.45, 2.75) is 82.3 Å². The number of aliphatic hydroxyl groups is 1. The highest BCUT2D eigenvalue weighted by Gasteiger charge is 2.75. The fraction of sp³-hybridized carbons (Fsp3) is 0.576. The van der Waals surface area contributed by atoms with Gasteiger partial charge in [-0.05, 0) is 52.0 Å². The molecule has 10 nitrogen and oxygen atoms in total. The summed E-state index contributed by atoms with van der Waals surface area (Å²) >= 11 is 0. The molecule has 0 aliphatic carbocycles. The van der Waals surface area contributed by atoms with Crippen LogP contribution < -0.4 is 5.32 Å². The number of hydrogen-bond acceptors (Lipinski definition) is 7. The third-order valence-electron chi connectivity index (χ3n) is 8.74. The lowest BCUT2D eigenvalue weighted by Gasteiger charge is -2.42. The maximum atomic E-state index is 14.3. The molecule has 3 aliphatic rings. The number of fused-ring (bicyclic) bond motifs is 1. The van der Waals surface area contributed by atoms with Gasteiger partial charge in [-0.3, -0.25) is 19.2 Å². The SMILES string of the molecule is C=CCCC(=O)NC[C@@H](OC(=O)[C@@H]1[C@H]2C(=O)N(CCCO)[C@H](C(=O)N(CC=C)C(C)(C)C)[C@]23CC[C@H]1O3)c1ccccc1. The van der Waals surface area contributed by atoms with Crippen molar-refractivity contribution in [3.8, 4) is 0 Å². The van der Waals surface area contributed by atoms with Gasteiger partial charge in [0.05, 0.1) is 24.5 Å². The van der Waals surface area contributed by atoms with Crippen LogP contribution in [0.4, 0.5) is 0 Å². The van der Waals surface area contributed by atoms with Crippen LogP contribution in [0, 0.1) is 11.8 Å². The van der Waals surface area contributed by atoms with Crippen molar-refractivity contribution in [3.63, 3.8) is 0 Å². The van der Waals surface area contributed by atoms with Crippen molar-refractivity contribution in [2.24, 2.45) is 11.8 Å². The molecule has 4 rings (SSSR count). The van der Waals surface area contributed by atoms with Crippen LogP contribution in [0.25, 0.3) is 0 Å². The van der Waals surface area contributed by atoms with Gasteiger partial charge in [0, 0.05) is 31.7 Å². The molecule has 2 N–H and O–H groups in total. The molecular weight excluding hydrogens is 550 g/mol. The number of ether oxygens (including phenoxy) is 2. The van der Waals surface area contributed by atoms with Gasteiger partial charge < -0.3 is 29.7 Å². The third-order valence-corrected chi connectivity index (χ3v) is 8.74. The summed E-state index contributed by atoms with van der Waals surface area (Å²) in [5, 5.41) is 12.4. The highest BCUT2D eigenvalue weighted by atomic mass is 16.6. The van der Waals surface area contributed by atoms with Gasteiger partial charge in [0.2, 0.25) is 17.7 Å². The molecule has 3 amide bonds. The summed E-state index contributed by atoms with van der Waals surface area (Å²) in [6, 6.07) is 8.20. The van der Waals surface area contributed by atoms with Crippen molar-refractivity contribution in [1.29, 1.82) is 0 Å². The molecule has 10 heteroatoms. The molecule has 0 radical (unpaired) electrons. The van der Waals surface area contributed by atoms with Crippen LogP contribution in [0.5, 0.6) is 0 Å². The number of rotatable bonds is 14. The maximum absolute atomic E-state index is 14.3. The van der Waals surface area contributed by atoms with Crippen LogP contribution in [-0.4, -0.2) is 88.1 Å². The number of nitrogens with zero attached hydrogens (tertiary/aromatic N) is 2. The molecule has 0 unspecified atom stereocenters. The van der Waals surface area contributed by atoms with E-state index in [0.717, 1.165) is 0 Å². The number of benzene rings is 1. The number of likely N-dealkylation sites (tertiary alicyclic amines) is 1. The maximum Gasteiger partial charge on any atom is 0.313 e. The van der Waals surface area contributed by atoms with Crippen LogP contribution in [0.1, 0.15) is 64.5 Å². The molecule has 6 atom stereocenters. The van der Waals surface area contributed by atoms with E-state index < -0.39 is 47.2 Å². The van der Waals surface area contributed by atoms with E-state index >= 15 is 0 Å². The average Bonchev–Trinajstić information content (AvgIpc) is 3.62.